The molecular formula is C23H22Cl2N4O2. The third-order valence-corrected chi connectivity index (χ3v) is 5.67. The molecule has 0 amide bonds. The highest BCUT2D eigenvalue weighted by atomic mass is 35.5. The number of carbonyl (C=O) groups is 1. The highest BCUT2D eigenvalue weighted by molar-refractivity contribution is 6.36. The van der Waals surface area contributed by atoms with Crippen LogP contribution >= 0.6 is 23.2 Å². The van der Waals surface area contributed by atoms with Crippen LogP contribution < -0.4 is 0 Å². The predicted molar refractivity (Wildman–Crippen MR) is 122 cm³/mol. The van der Waals surface area contributed by atoms with Crippen LogP contribution in [0.5, 0.6) is 0 Å². The average molecular weight is 457 g/mol. The number of rotatable bonds is 7. The zero-order valence-corrected chi connectivity index (χ0v) is 18.8. The standard InChI is InChI=1S/C23H22Cl2N4O2/c1-3-28-14-26-21-9-15(5-8-22(21)28)13-31-23(30)12-17-11-20(27-29(17)4-2)18-7-6-16(24)10-19(18)25/h5-11,14H,3-4,12-13H2,1-2H3. The Morgan fingerprint density at radius 3 is 2.65 bits per heavy atom. The van der Waals surface area contributed by atoms with E-state index in [1.165, 1.54) is 0 Å². The molecule has 0 spiro atoms. The zero-order valence-electron chi connectivity index (χ0n) is 17.3. The number of fused-ring (bicyclic) bond motifs is 1. The summed E-state index contributed by atoms with van der Waals surface area (Å²) in [6, 6.07) is 13.0. The van der Waals surface area contributed by atoms with Crippen LogP contribution in [0.15, 0.2) is 48.8 Å². The maximum atomic E-state index is 12.5. The monoisotopic (exact) mass is 456 g/mol. The summed E-state index contributed by atoms with van der Waals surface area (Å²) in [5.74, 6) is -0.317. The molecule has 4 rings (SSSR count). The van der Waals surface area contributed by atoms with Crippen LogP contribution in [-0.4, -0.2) is 25.3 Å². The first kappa shape index (κ1) is 21.4. The third kappa shape index (κ3) is 4.60. The molecule has 31 heavy (non-hydrogen) atoms. The van der Waals surface area contributed by atoms with Crippen LogP contribution in [0.4, 0.5) is 0 Å². The van der Waals surface area contributed by atoms with E-state index < -0.39 is 0 Å². The van der Waals surface area contributed by atoms with Crippen LogP contribution in [0.1, 0.15) is 25.1 Å². The van der Waals surface area contributed by atoms with Crippen molar-refractivity contribution in [3.05, 3.63) is 70.1 Å². The van der Waals surface area contributed by atoms with Gasteiger partial charge in [0.15, 0.2) is 0 Å². The van der Waals surface area contributed by atoms with E-state index in [4.69, 9.17) is 27.9 Å². The molecule has 0 fully saturated rings. The minimum atomic E-state index is -0.317. The van der Waals surface area contributed by atoms with E-state index in [0.717, 1.165) is 34.4 Å². The zero-order chi connectivity index (χ0) is 22.0. The molecule has 6 nitrogen and oxygen atoms in total. The van der Waals surface area contributed by atoms with Crippen molar-refractivity contribution in [1.82, 2.24) is 19.3 Å². The van der Waals surface area contributed by atoms with Crippen molar-refractivity contribution in [3.63, 3.8) is 0 Å². The topological polar surface area (TPSA) is 61.9 Å². The number of esters is 1. The van der Waals surface area contributed by atoms with Crippen LogP contribution in [-0.2, 0) is 35.6 Å². The number of halogens is 2. The smallest absolute Gasteiger partial charge is 0.312 e. The molecule has 0 N–H and O–H groups in total. The van der Waals surface area contributed by atoms with Gasteiger partial charge in [-0.2, -0.15) is 5.10 Å². The second kappa shape index (κ2) is 9.12. The molecule has 0 saturated heterocycles. The van der Waals surface area contributed by atoms with E-state index in [0.29, 0.717) is 22.3 Å². The molecule has 0 unspecified atom stereocenters. The molecular weight excluding hydrogens is 435 g/mol. The first-order valence-electron chi connectivity index (χ1n) is 10.1. The van der Waals surface area contributed by atoms with Crippen molar-refractivity contribution in [1.29, 1.82) is 0 Å². The lowest BCUT2D eigenvalue weighted by Crippen LogP contribution is -2.12. The molecule has 0 saturated carbocycles. The number of hydrogen-bond donors (Lipinski definition) is 0. The van der Waals surface area contributed by atoms with Gasteiger partial charge in [-0.15, -0.1) is 0 Å². The molecule has 0 aliphatic rings. The van der Waals surface area contributed by atoms with Crippen LogP contribution in [0, 0.1) is 0 Å². The highest BCUT2D eigenvalue weighted by Crippen LogP contribution is 2.30. The first-order chi connectivity index (χ1) is 15.0. The summed E-state index contributed by atoms with van der Waals surface area (Å²) < 4.78 is 9.36. The van der Waals surface area contributed by atoms with Gasteiger partial charge in [0.1, 0.15) is 6.61 Å². The largest absolute Gasteiger partial charge is 0.461 e. The Morgan fingerprint density at radius 2 is 1.90 bits per heavy atom. The molecule has 2 aromatic heterocycles. The van der Waals surface area contributed by atoms with Crippen molar-refractivity contribution < 1.29 is 9.53 Å². The van der Waals surface area contributed by atoms with Gasteiger partial charge in [0.25, 0.3) is 0 Å². The van der Waals surface area contributed by atoms with Gasteiger partial charge in [-0.3, -0.25) is 9.48 Å². The van der Waals surface area contributed by atoms with Gasteiger partial charge < -0.3 is 9.30 Å². The van der Waals surface area contributed by atoms with E-state index in [9.17, 15) is 4.79 Å². The number of ether oxygens (including phenoxy) is 1. The normalized spacial score (nSPS) is 11.2. The van der Waals surface area contributed by atoms with E-state index in [1.807, 2.05) is 43.6 Å². The lowest BCUT2D eigenvalue weighted by Gasteiger charge is -2.07. The molecule has 0 aliphatic heterocycles. The summed E-state index contributed by atoms with van der Waals surface area (Å²) in [6.45, 7) is 5.73. The lowest BCUT2D eigenvalue weighted by molar-refractivity contribution is -0.144. The SMILES string of the molecule is CCn1nc(-c2ccc(Cl)cc2Cl)cc1CC(=O)OCc1ccc2c(c1)ncn2CC. The number of nitrogens with zero attached hydrogens (tertiary/aromatic N) is 4. The Kier molecular flexibility index (Phi) is 6.30. The minimum Gasteiger partial charge on any atom is -0.461 e. The van der Waals surface area contributed by atoms with Gasteiger partial charge in [-0.25, -0.2) is 4.98 Å². The van der Waals surface area contributed by atoms with Crippen molar-refractivity contribution in [2.24, 2.45) is 0 Å². The van der Waals surface area contributed by atoms with Gasteiger partial charge in [-0.1, -0.05) is 29.3 Å². The third-order valence-electron chi connectivity index (χ3n) is 5.12. The fraction of sp³-hybridized carbons (Fsp3) is 0.261. The number of aryl methyl sites for hydroxylation is 2. The number of imidazole rings is 1. The first-order valence-corrected chi connectivity index (χ1v) is 10.9. The Balaban J connectivity index is 1.45. The Bertz CT molecular complexity index is 1250. The summed E-state index contributed by atoms with van der Waals surface area (Å²) >= 11 is 12.3. The van der Waals surface area contributed by atoms with Crippen molar-refractivity contribution >= 4 is 40.2 Å². The fourth-order valence-electron chi connectivity index (χ4n) is 3.51. The summed E-state index contributed by atoms with van der Waals surface area (Å²) in [7, 11) is 0. The summed E-state index contributed by atoms with van der Waals surface area (Å²) in [4.78, 5) is 16.9. The molecule has 2 aromatic carbocycles. The van der Waals surface area contributed by atoms with Crippen LogP contribution in [0.25, 0.3) is 22.3 Å². The highest BCUT2D eigenvalue weighted by Gasteiger charge is 2.15. The summed E-state index contributed by atoms with van der Waals surface area (Å²) in [6.07, 6.45) is 1.94. The van der Waals surface area contributed by atoms with Crippen molar-refractivity contribution in [3.8, 4) is 11.3 Å². The number of hydrogen-bond acceptors (Lipinski definition) is 4. The average Bonchev–Trinajstić information content (AvgIpc) is 3.35. The molecule has 2 heterocycles. The second-order valence-electron chi connectivity index (χ2n) is 7.15. The minimum absolute atomic E-state index is 0.124. The Labute approximate surface area is 190 Å². The van der Waals surface area contributed by atoms with Crippen LogP contribution in [0.2, 0.25) is 10.0 Å². The maximum Gasteiger partial charge on any atom is 0.312 e. The summed E-state index contributed by atoms with van der Waals surface area (Å²) in [5.41, 5.74) is 5.10. The van der Waals surface area contributed by atoms with Crippen molar-refractivity contribution in [2.75, 3.05) is 0 Å². The van der Waals surface area contributed by atoms with Gasteiger partial charge in [0.05, 0.1) is 40.2 Å². The molecule has 0 bridgehead atoms. The molecule has 0 radical (unpaired) electrons. The quantitative estimate of drug-likeness (QED) is 0.342. The van der Waals surface area contributed by atoms with E-state index >= 15 is 0 Å². The fourth-order valence-corrected chi connectivity index (χ4v) is 4.02. The van der Waals surface area contributed by atoms with Crippen molar-refractivity contribution in [2.45, 2.75) is 40.0 Å². The van der Waals surface area contributed by atoms with E-state index in [2.05, 4.69) is 21.6 Å². The number of aromatic nitrogens is 4. The Hall–Kier alpha value is -2.83. The molecule has 4 aromatic rings. The molecule has 0 aliphatic carbocycles. The molecule has 8 heteroatoms. The Morgan fingerprint density at radius 1 is 1.06 bits per heavy atom. The predicted octanol–water partition coefficient (Wildman–Crippen LogP) is 5.53. The van der Waals surface area contributed by atoms with Crippen LogP contribution in [0.3, 0.4) is 0 Å². The number of benzene rings is 2. The second-order valence-corrected chi connectivity index (χ2v) is 8.00. The number of carbonyl (C=O) groups excluding carboxylic acids is 1. The lowest BCUT2D eigenvalue weighted by atomic mass is 10.1. The molecule has 160 valence electrons. The van der Waals surface area contributed by atoms with Gasteiger partial charge in [0.2, 0.25) is 0 Å². The van der Waals surface area contributed by atoms with E-state index in [-0.39, 0.29) is 19.0 Å². The summed E-state index contributed by atoms with van der Waals surface area (Å²) in [5, 5.41) is 5.66. The van der Waals surface area contributed by atoms with Gasteiger partial charge in [0, 0.05) is 23.7 Å². The molecule has 0 atom stereocenters. The maximum absolute atomic E-state index is 12.5. The van der Waals surface area contributed by atoms with Gasteiger partial charge in [-0.05, 0) is 55.8 Å². The van der Waals surface area contributed by atoms with E-state index in [1.54, 1.807) is 16.8 Å². The van der Waals surface area contributed by atoms with Gasteiger partial charge >= 0.3 is 5.97 Å².